The summed E-state index contributed by atoms with van der Waals surface area (Å²) in [5, 5.41) is 27.2. The average Bonchev–Trinajstić information content (AvgIpc) is 2.96. The topological polar surface area (TPSA) is 136 Å². The molecule has 2 aromatic rings. The maximum Gasteiger partial charge on any atom is 0.407 e. The highest BCUT2D eigenvalue weighted by Crippen LogP contribution is 2.29. The molecular formula is C29H39N5O6. The number of piperidine rings is 1. The summed E-state index contributed by atoms with van der Waals surface area (Å²) >= 11 is 0. The van der Waals surface area contributed by atoms with E-state index < -0.39 is 18.2 Å². The van der Waals surface area contributed by atoms with Gasteiger partial charge in [0.1, 0.15) is 17.4 Å². The maximum atomic E-state index is 13.3. The number of aromatic nitrogens is 1. The fraction of sp³-hybridized carbons (Fsp3) is 0.552. The standard InChI is InChI=1S/C29H39N5O6/c1-39-18-40-23-9-8-19-13-24(34(29(37)38)17-21(19)12-23)25(35)16-30-28(36)20-14-26(31-22-6-5-7-22)32-27(15-20)33-10-3-2-4-11-33/h8-9,12,14-15,22,24-25,35H,2-7,10-11,13,16-18H2,1H3,(H,30,36)(H,31,32)(H,37,38)/t24-,25+/m0/s1. The maximum absolute atomic E-state index is 13.3. The van der Waals surface area contributed by atoms with Crippen LogP contribution in [-0.2, 0) is 17.7 Å². The molecule has 1 saturated carbocycles. The number of carbonyl (C=O) groups excluding carboxylic acids is 1. The molecule has 0 spiro atoms. The first-order valence-electron chi connectivity index (χ1n) is 14.1. The number of methoxy groups -OCH3 is 1. The van der Waals surface area contributed by atoms with Gasteiger partial charge in [0.15, 0.2) is 6.79 Å². The number of carbonyl (C=O) groups is 2. The number of rotatable bonds is 10. The van der Waals surface area contributed by atoms with E-state index in [1.54, 1.807) is 18.2 Å². The van der Waals surface area contributed by atoms with Crippen LogP contribution >= 0.6 is 0 Å². The molecule has 11 nitrogen and oxygen atoms in total. The quantitative estimate of drug-likeness (QED) is 0.327. The minimum absolute atomic E-state index is 0.0790. The molecule has 0 bridgehead atoms. The third-order valence-electron chi connectivity index (χ3n) is 8.06. The van der Waals surface area contributed by atoms with Gasteiger partial charge in [-0.05, 0) is 80.3 Å². The summed E-state index contributed by atoms with van der Waals surface area (Å²) in [6.45, 7) is 1.95. The predicted molar refractivity (Wildman–Crippen MR) is 150 cm³/mol. The van der Waals surface area contributed by atoms with Crippen LogP contribution in [0.25, 0.3) is 0 Å². The number of anilines is 2. The van der Waals surface area contributed by atoms with Crippen molar-refractivity contribution in [2.45, 2.75) is 69.7 Å². The lowest BCUT2D eigenvalue weighted by atomic mass is 9.91. The zero-order chi connectivity index (χ0) is 28.1. The number of fused-ring (bicyclic) bond motifs is 1. The molecule has 0 unspecified atom stereocenters. The van der Waals surface area contributed by atoms with Gasteiger partial charge < -0.3 is 35.2 Å². The minimum atomic E-state index is -1.13. The summed E-state index contributed by atoms with van der Waals surface area (Å²) in [6, 6.07) is 8.73. The van der Waals surface area contributed by atoms with Crippen LogP contribution in [0.15, 0.2) is 30.3 Å². The van der Waals surface area contributed by atoms with Crippen LogP contribution in [0.1, 0.15) is 60.0 Å². The summed E-state index contributed by atoms with van der Waals surface area (Å²) in [6.07, 6.45) is 4.88. The minimum Gasteiger partial charge on any atom is -0.468 e. The number of pyridine rings is 1. The van der Waals surface area contributed by atoms with E-state index in [-0.39, 0.29) is 25.8 Å². The Bertz CT molecular complexity index is 1200. The van der Waals surface area contributed by atoms with Crippen molar-refractivity contribution in [3.8, 4) is 5.75 Å². The molecule has 2 fully saturated rings. The summed E-state index contributed by atoms with van der Waals surface area (Å²) in [5.41, 5.74) is 2.22. The third kappa shape index (κ3) is 6.59. The summed E-state index contributed by atoms with van der Waals surface area (Å²) < 4.78 is 10.4. The summed E-state index contributed by atoms with van der Waals surface area (Å²) in [7, 11) is 1.53. The van der Waals surface area contributed by atoms with Gasteiger partial charge in [-0.15, -0.1) is 0 Å². The van der Waals surface area contributed by atoms with E-state index in [4.69, 9.17) is 14.5 Å². The Labute approximate surface area is 234 Å². The van der Waals surface area contributed by atoms with Crippen molar-refractivity contribution in [3.63, 3.8) is 0 Å². The van der Waals surface area contributed by atoms with E-state index in [1.807, 2.05) is 12.1 Å². The Balaban J connectivity index is 1.27. The van der Waals surface area contributed by atoms with Gasteiger partial charge in [0.25, 0.3) is 5.91 Å². The monoisotopic (exact) mass is 553 g/mol. The van der Waals surface area contributed by atoms with Gasteiger partial charge in [-0.1, -0.05) is 6.07 Å². The number of hydrogen-bond donors (Lipinski definition) is 4. The molecule has 1 aromatic heterocycles. The van der Waals surface area contributed by atoms with Gasteiger partial charge in [0.2, 0.25) is 0 Å². The van der Waals surface area contributed by atoms with Crippen LogP contribution in [0.4, 0.5) is 16.4 Å². The van der Waals surface area contributed by atoms with E-state index >= 15 is 0 Å². The van der Waals surface area contributed by atoms with Crippen molar-refractivity contribution < 1.29 is 29.3 Å². The van der Waals surface area contributed by atoms with Gasteiger partial charge in [-0.3, -0.25) is 9.69 Å². The Kier molecular flexibility index (Phi) is 8.91. The van der Waals surface area contributed by atoms with Crippen molar-refractivity contribution in [1.29, 1.82) is 0 Å². The van der Waals surface area contributed by atoms with E-state index in [2.05, 4.69) is 15.5 Å². The predicted octanol–water partition coefficient (Wildman–Crippen LogP) is 3.21. The molecule has 4 N–H and O–H groups in total. The number of nitrogens with zero attached hydrogens (tertiary/aromatic N) is 3. The van der Waals surface area contributed by atoms with Gasteiger partial charge >= 0.3 is 6.09 Å². The number of aliphatic hydroxyl groups excluding tert-OH is 1. The number of amides is 2. The van der Waals surface area contributed by atoms with Gasteiger partial charge in [0.05, 0.1) is 12.1 Å². The fourth-order valence-electron chi connectivity index (χ4n) is 5.56. The molecule has 1 aromatic carbocycles. The molecule has 2 aliphatic heterocycles. The zero-order valence-electron chi connectivity index (χ0n) is 23.0. The number of aliphatic hydroxyl groups is 1. The largest absolute Gasteiger partial charge is 0.468 e. The Morgan fingerprint density at radius 1 is 1.10 bits per heavy atom. The Hall–Kier alpha value is -3.57. The van der Waals surface area contributed by atoms with E-state index in [9.17, 15) is 19.8 Å². The molecule has 5 rings (SSSR count). The number of benzene rings is 1. The lowest BCUT2D eigenvalue weighted by Gasteiger charge is -2.37. The molecule has 1 saturated heterocycles. The van der Waals surface area contributed by atoms with Crippen LogP contribution in [0.3, 0.4) is 0 Å². The first kappa shape index (κ1) is 28.0. The highest BCUT2D eigenvalue weighted by molar-refractivity contribution is 5.95. The average molecular weight is 554 g/mol. The third-order valence-corrected chi connectivity index (χ3v) is 8.06. The zero-order valence-corrected chi connectivity index (χ0v) is 23.0. The molecule has 2 atom stereocenters. The van der Waals surface area contributed by atoms with Crippen molar-refractivity contribution in [2.24, 2.45) is 0 Å². The fourth-order valence-corrected chi connectivity index (χ4v) is 5.56. The number of ether oxygens (including phenoxy) is 2. The highest BCUT2D eigenvalue weighted by atomic mass is 16.7. The second-order valence-corrected chi connectivity index (χ2v) is 10.9. The smallest absolute Gasteiger partial charge is 0.407 e. The van der Waals surface area contributed by atoms with E-state index in [0.29, 0.717) is 29.6 Å². The SMILES string of the molecule is COCOc1ccc2c(c1)CN(C(=O)O)[C@H]([C@H](O)CNC(=O)c1cc(NC3CCC3)nc(N3CCCCC3)c1)C2. The molecule has 11 heteroatoms. The number of hydrogen-bond acceptors (Lipinski definition) is 8. The molecule has 1 aliphatic carbocycles. The van der Waals surface area contributed by atoms with E-state index in [0.717, 1.165) is 55.7 Å². The number of carboxylic acid groups (broad SMARTS) is 1. The lowest BCUT2D eigenvalue weighted by Crippen LogP contribution is -2.53. The van der Waals surface area contributed by atoms with Crippen LogP contribution in [0, 0.1) is 0 Å². The first-order chi connectivity index (χ1) is 19.4. The van der Waals surface area contributed by atoms with Crippen LogP contribution in [0.5, 0.6) is 5.75 Å². The summed E-state index contributed by atoms with van der Waals surface area (Å²) in [5.74, 6) is 1.73. The molecule has 40 heavy (non-hydrogen) atoms. The van der Waals surface area contributed by atoms with Gasteiger partial charge in [-0.2, -0.15) is 0 Å². The van der Waals surface area contributed by atoms with Crippen LogP contribution in [0.2, 0.25) is 0 Å². The van der Waals surface area contributed by atoms with Crippen molar-refractivity contribution in [2.75, 3.05) is 43.8 Å². The van der Waals surface area contributed by atoms with E-state index in [1.165, 1.54) is 24.9 Å². The Morgan fingerprint density at radius 3 is 2.60 bits per heavy atom. The summed E-state index contributed by atoms with van der Waals surface area (Å²) in [4.78, 5) is 33.6. The van der Waals surface area contributed by atoms with Gasteiger partial charge in [-0.25, -0.2) is 9.78 Å². The van der Waals surface area contributed by atoms with Crippen LogP contribution in [-0.4, -0.2) is 83.8 Å². The van der Waals surface area contributed by atoms with Crippen molar-refractivity contribution >= 4 is 23.6 Å². The molecular weight excluding hydrogens is 514 g/mol. The number of nitrogens with one attached hydrogen (secondary N) is 2. The Morgan fingerprint density at radius 2 is 1.90 bits per heavy atom. The van der Waals surface area contributed by atoms with Gasteiger partial charge in [0, 0.05) is 44.9 Å². The van der Waals surface area contributed by atoms with Crippen molar-refractivity contribution in [1.82, 2.24) is 15.2 Å². The second kappa shape index (κ2) is 12.7. The molecule has 3 heterocycles. The highest BCUT2D eigenvalue weighted by Gasteiger charge is 2.35. The molecule has 0 radical (unpaired) electrons. The van der Waals surface area contributed by atoms with Crippen LogP contribution < -0.4 is 20.3 Å². The molecule has 2 amide bonds. The molecule has 3 aliphatic rings. The lowest BCUT2D eigenvalue weighted by molar-refractivity contribution is 0.0375. The second-order valence-electron chi connectivity index (χ2n) is 10.9. The van der Waals surface area contributed by atoms with Crippen molar-refractivity contribution in [3.05, 3.63) is 47.0 Å². The molecule has 216 valence electrons. The first-order valence-corrected chi connectivity index (χ1v) is 14.1. The normalized spacial score (nSPS) is 19.8.